The van der Waals surface area contributed by atoms with E-state index in [9.17, 15) is 0 Å². The van der Waals surface area contributed by atoms with E-state index >= 15 is 0 Å². The Kier molecular flexibility index (Phi) is 43.3. The van der Waals surface area contributed by atoms with Crippen LogP contribution >= 0.6 is 50.9 Å². The monoisotopic (exact) mass is 529 g/mol. The van der Waals surface area contributed by atoms with Gasteiger partial charge in [0.2, 0.25) is 0 Å². The van der Waals surface area contributed by atoms with Crippen LogP contribution in [0, 0.1) is 0 Å². The Labute approximate surface area is 148 Å². The zero-order chi connectivity index (χ0) is 9.78. The van der Waals surface area contributed by atoms with Crippen LogP contribution < -0.4 is 0 Å². The molecule has 0 aromatic carbocycles. The summed E-state index contributed by atoms with van der Waals surface area (Å²) in [6, 6.07) is 0. The van der Waals surface area contributed by atoms with Gasteiger partial charge >= 0.3 is 98.1 Å². The van der Waals surface area contributed by atoms with Crippen molar-refractivity contribution in [1.82, 2.24) is 0 Å². The third-order valence-corrected chi connectivity index (χ3v) is 3.54. The first-order valence-corrected chi connectivity index (χ1v) is 8.08. The van der Waals surface area contributed by atoms with Crippen molar-refractivity contribution in [3.63, 3.8) is 0 Å². The zero-order valence-electron chi connectivity index (χ0n) is 10.5. The molecule has 0 spiro atoms. The summed E-state index contributed by atoms with van der Waals surface area (Å²) >= 11 is 1.72. The second kappa shape index (κ2) is 25.9. The number of hydrogen-bond donors (Lipinski definition) is 0. The number of hydrogen-bond acceptors (Lipinski definition) is 0. The van der Waals surface area contributed by atoms with Crippen molar-refractivity contribution >= 4 is 73.5 Å². The Bertz CT molecular complexity index is 82.3. The Morgan fingerprint density at radius 1 is 0.562 bits per heavy atom. The minimum absolute atomic E-state index is 0. The summed E-state index contributed by atoms with van der Waals surface area (Å²) in [4.78, 5) is 0. The van der Waals surface area contributed by atoms with Crippen LogP contribution in [0.4, 0.5) is 0 Å². The van der Waals surface area contributed by atoms with Crippen LogP contribution in [0.25, 0.3) is 0 Å². The maximum atomic E-state index is 2.28. The summed E-state index contributed by atoms with van der Waals surface area (Å²) in [6.07, 6.45) is 14.7. The van der Waals surface area contributed by atoms with Gasteiger partial charge in [0.25, 0.3) is 0 Å². The van der Waals surface area contributed by atoms with E-state index in [0.29, 0.717) is 0 Å². The van der Waals surface area contributed by atoms with Crippen molar-refractivity contribution < 1.29 is 0 Å². The molecular weight excluding hydrogens is 503 g/mol. The van der Waals surface area contributed by atoms with Gasteiger partial charge in [-0.1, -0.05) is 0 Å². The van der Waals surface area contributed by atoms with Gasteiger partial charge in [-0.05, 0) is 0 Å². The normalized spacial score (nSPS) is 8.62. The molecule has 0 heterocycles. The van der Waals surface area contributed by atoms with Gasteiger partial charge in [-0.25, -0.2) is 0 Å². The maximum absolute atomic E-state index is 2.28. The SMILES string of the molecule is Br.Br.Br.CCCCCCCCCCC[CH2][Sn]. The van der Waals surface area contributed by atoms with Gasteiger partial charge in [0.05, 0.1) is 0 Å². The minimum atomic E-state index is 0. The molecule has 0 aromatic rings. The molecule has 0 nitrogen and oxygen atoms in total. The zero-order valence-corrected chi connectivity index (χ0v) is 18.5. The van der Waals surface area contributed by atoms with Crippen LogP contribution in [0.1, 0.15) is 71.1 Å². The van der Waals surface area contributed by atoms with E-state index in [2.05, 4.69) is 6.92 Å². The molecule has 0 saturated heterocycles. The topological polar surface area (TPSA) is 0 Å². The molecule has 0 aliphatic heterocycles. The Morgan fingerprint density at radius 3 is 1.19 bits per heavy atom. The number of halogens is 3. The van der Waals surface area contributed by atoms with Gasteiger partial charge < -0.3 is 0 Å². The van der Waals surface area contributed by atoms with Gasteiger partial charge in [0.1, 0.15) is 0 Å². The Hall–Kier alpha value is 2.24. The fourth-order valence-electron chi connectivity index (χ4n) is 1.61. The predicted octanol–water partition coefficient (Wildman–Crippen LogP) is 6.23. The van der Waals surface area contributed by atoms with Gasteiger partial charge in [0.15, 0.2) is 0 Å². The second-order valence-corrected chi connectivity index (χ2v) is 5.36. The Morgan fingerprint density at radius 2 is 0.875 bits per heavy atom. The van der Waals surface area contributed by atoms with E-state index in [4.69, 9.17) is 0 Å². The Balaban J connectivity index is -0.000000240. The average molecular weight is 531 g/mol. The molecule has 4 heteroatoms. The molecule has 0 fully saturated rings. The van der Waals surface area contributed by atoms with E-state index in [1.165, 1.54) is 68.6 Å². The van der Waals surface area contributed by atoms with E-state index in [-0.39, 0.29) is 50.9 Å². The van der Waals surface area contributed by atoms with Crippen LogP contribution in [0.3, 0.4) is 0 Å². The standard InChI is InChI=1S/C12H25.3BrH.Sn/c1-3-5-7-9-11-12-10-8-6-4-2;;;;/h1,3-12H2,2H3;3*1H;. The molecule has 0 aromatic heterocycles. The van der Waals surface area contributed by atoms with Crippen molar-refractivity contribution in [2.45, 2.75) is 75.6 Å². The first-order valence-electron chi connectivity index (χ1n) is 6.06. The van der Waals surface area contributed by atoms with Crippen LogP contribution in [-0.2, 0) is 0 Å². The molecule has 16 heavy (non-hydrogen) atoms. The number of rotatable bonds is 10. The van der Waals surface area contributed by atoms with Crippen LogP contribution in [0.5, 0.6) is 0 Å². The van der Waals surface area contributed by atoms with Gasteiger partial charge in [-0.3, -0.25) is 0 Å². The molecule has 0 saturated carbocycles. The molecule has 0 bridgehead atoms. The summed E-state index contributed by atoms with van der Waals surface area (Å²) in [5.74, 6) is 0. The fraction of sp³-hybridized carbons (Fsp3) is 1.00. The van der Waals surface area contributed by atoms with Crippen molar-refractivity contribution in [1.29, 1.82) is 0 Å². The second-order valence-electron chi connectivity index (χ2n) is 3.93. The molecule has 0 rings (SSSR count). The van der Waals surface area contributed by atoms with Crippen molar-refractivity contribution in [3.05, 3.63) is 0 Å². The molecule has 0 aliphatic rings. The van der Waals surface area contributed by atoms with E-state index in [1.54, 1.807) is 22.5 Å². The molecule has 0 unspecified atom stereocenters. The molecule has 0 N–H and O–H groups in total. The van der Waals surface area contributed by atoms with Crippen LogP contribution in [0.15, 0.2) is 0 Å². The van der Waals surface area contributed by atoms with Crippen molar-refractivity contribution in [2.24, 2.45) is 0 Å². The quantitative estimate of drug-likeness (QED) is 0.232. The summed E-state index contributed by atoms with van der Waals surface area (Å²) in [5.41, 5.74) is 0. The summed E-state index contributed by atoms with van der Waals surface area (Å²) < 4.78 is 1.46. The van der Waals surface area contributed by atoms with E-state index in [1.807, 2.05) is 0 Å². The van der Waals surface area contributed by atoms with Gasteiger partial charge in [-0.2, -0.15) is 0 Å². The van der Waals surface area contributed by atoms with Gasteiger partial charge in [0, 0.05) is 0 Å². The van der Waals surface area contributed by atoms with Crippen molar-refractivity contribution in [2.75, 3.05) is 0 Å². The third kappa shape index (κ3) is 25.2. The molecule has 0 aliphatic carbocycles. The van der Waals surface area contributed by atoms with Gasteiger partial charge in [-0.15, -0.1) is 50.9 Å². The van der Waals surface area contributed by atoms with Crippen molar-refractivity contribution in [3.8, 4) is 0 Å². The first-order chi connectivity index (χ1) is 6.41. The fourth-order valence-corrected chi connectivity index (χ4v) is 2.33. The summed E-state index contributed by atoms with van der Waals surface area (Å²) in [6.45, 7) is 2.28. The molecule has 0 amide bonds. The van der Waals surface area contributed by atoms with E-state index in [0.717, 1.165) is 0 Å². The average Bonchev–Trinajstić information content (AvgIpc) is 2.16. The first kappa shape index (κ1) is 26.7. The van der Waals surface area contributed by atoms with Crippen LogP contribution in [-0.4, -0.2) is 22.5 Å². The third-order valence-electron chi connectivity index (χ3n) is 2.53. The molecule has 0 atom stereocenters. The number of unbranched alkanes of at least 4 members (excludes halogenated alkanes) is 9. The molecule has 101 valence electrons. The molecule has 3 radical (unpaired) electrons. The van der Waals surface area contributed by atoms with Crippen LogP contribution in [0.2, 0.25) is 4.44 Å². The summed E-state index contributed by atoms with van der Waals surface area (Å²) in [5, 5.41) is 0. The predicted molar refractivity (Wildman–Crippen MR) is 93.4 cm³/mol. The van der Waals surface area contributed by atoms with E-state index < -0.39 is 0 Å². The summed E-state index contributed by atoms with van der Waals surface area (Å²) in [7, 11) is 0. The molecular formula is C12H28Br3Sn.